The maximum Gasteiger partial charge on any atom is 0.263 e. The molecule has 2 fully saturated rings. The maximum absolute atomic E-state index is 12.6. The quantitative estimate of drug-likeness (QED) is 0.893. The molecule has 0 saturated carbocycles. The van der Waals surface area contributed by atoms with Crippen molar-refractivity contribution < 1.29 is 18.6 Å². The molecule has 0 aromatic heterocycles. The van der Waals surface area contributed by atoms with Gasteiger partial charge in [-0.15, -0.1) is 0 Å². The Morgan fingerprint density at radius 3 is 2.35 bits per heavy atom. The Kier molecular flexibility index (Phi) is 3.52. The first-order chi connectivity index (χ1) is 9.56. The van der Waals surface area contributed by atoms with Gasteiger partial charge in [0.2, 0.25) is 0 Å². The fourth-order valence-electron chi connectivity index (χ4n) is 3.60. The Balaban J connectivity index is 1.85. The van der Waals surface area contributed by atoms with Crippen LogP contribution in [-0.4, -0.2) is 23.9 Å². The molecule has 5 heteroatoms. The van der Waals surface area contributed by atoms with Gasteiger partial charge in [-0.1, -0.05) is 24.3 Å². The lowest BCUT2D eigenvalue weighted by molar-refractivity contribution is -0.0264. The topological polar surface area (TPSA) is 55.5 Å². The number of aliphatic hydroxyl groups excluding tert-OH is 1. The molecule has 1 aromatic rings. The molecule has 3 N–H and O–H groups in total. The Labute approximate surface area is 116 Å². The van der Waals surface area contributed by atoms with Gasteiger partial charge in [-0.3, -0.25) is 0 Å². The van der Waals surface area contributed by atoms with Crippen LogP contribution in [0.1, 0.15) is 42.9 Å². The van der Waals surface area contributed by atoms with E-state index in [0.29, 0.717) is 12.1 Å². The van der Waals surface area contributed by atoms with Gasteiger partial charge in [-0.25, -0.2) is 8.78 Å². The van der Waals surface area contributed by atoms with Crippen molar-refractivity contribution in [1.82, 2.24) is 0 Å². The normalized spacial score (nSPS) is 33.9. The zero-order chi connectivity index (χ0) is 14.3. The fourth-order valence-corrected chi connectivity index (χ4v) is 3.60. The number of alkyl halides is 2. The van der Waals surface area contributed by atoms with Crippen LogP contribution in [0, 0.1) is 5.41 Å². The highest BCUT2D eigenvalue weighted by Gasteiger charge is 2.55. The molecule has 20 heavy (non-hydrogen) atoms. The lowest BCUT2D eigenvalue weighted by Crippen LogP contribution is -2.44. The molecule has 2 aliphatic heterocycles. The van der Waals surface area contributed by atoms with Crippen LogP contribution in [0.25, 0.3) is 0 Å². The molecule has 0 aliphatic carbocycles. The van der Waals surface area contributed by atoms with Crippen LogP contribution in [0.15, 0.2) is 24.3 Å². The van der Waals surface area contributed by atoms with E-state index in [9.17, 15) is 13.9 Å². The minimum atomic E-state index is -2.49. The van der Waals surface area contributed by atoms with Crippen LogP contribution in [0.3, 0.4) is 0 Å². The highest BCUT2D eigenvalue weighted by molar-refractivity contribution is 5.27. The van der Waals surface area contributed by atoms with Gasteiger partial charge in [0.15, 0.2) is 0 Å². The van der Waals surface area contributed by atoms with E-state index in [1.807, 2.05) is 0 Å². The second-order valence-corrected chi connectivity index (χ2v) is 5.84. The van der Waals surface area contributed by atoms with Gasteiger partial charge in [0.05, 0.1) is 18.3 Å². The molecule has 4 unspecified atom stereocenters. The van der Waals surface area contributed by atoms with Crippen LogP contribution in [0.2, 0.25) is 0 Å². The molecule has 2 saturated heterocycles. The van der Waals surface area contributed by atoms with E-state index in [1.165, 1.54) is 12.1 Å². The molecular formula is C15H19F2NO2. The molecule has 0 radical (unpaired) electrons. The van der Waals surface area contributed by atoms with Crippen LogP contribution in [-0.2, 0) is 4.74 Å². The molecule has 0 spiro atoms. The van der Waals surface area contributed by atoms with E-state index < -0.39 is 17.9 Å². The van der Waals surface area contributed by atoms with E-state index in [-0.39, 0.29) is 17.8 Å². The van der Waals surface area contributed by atoms with E-state index in [0.717, 1.165) is 19.3 Å². The molecule has 3 nitrogen and oxygen atoms in total. The van der Waals surface area contributed by atoms with E-state index in [2.05, 4.69) is 0 Å². The predicted molar refractivity (Wildman–Crippen MR) is 70.4 cm³/mol. The largest absolute Gasteiger partial charge is 0.388 e. The number of fused-ring (bicyclic) bond motifs is 2. The molecule has 0 amide bonds. The van der Waals surface area contributed by atoms with Gasteiger partial charge >= 0.3 is 0 Å². The number of halogens is 2. The maximum atomic E-state index is 12.6. The van der Waals surface area contributed by atoms with Crippen LogP contribution >= 0.6 is 0 Å². The summed E-state index contributed by atoms with van der Waals surface area (Å²) in [5, 5.41) is 10.7. The number of aliphatic hydroxyl groups is 1. The van der Waals surface area contributed by atoms with Gasteiger partial charge in [0.1, 0.15) is 0 Å². The van der Waals surface area contributed by atoms with Crippen molar-refractivity contribution in [3.8, 4) is 0 Å². The minimum absolute atomic E-state index is 0.0257. The molecule has 1 aromatic carbocycles. The van der Waals surface area contributed by atoms with Crippen molar-refractivity contribution in [3.05, 3.63) is 35.4 Å². The van der Waals surface area contributed by atoms with Gasteiger partial charge in [-0.2, -0.15) is 0 Å². The van der Waals surface area contributed by atoms with Crippen molar-refractivity contribution >= 4 is 0 Å². The molecule has 3 rings (SSSR count). The highest BCUT2D eigenvalue weighted by Crippen LogP contribution is 2.53. The van der Waals surface area contributed by atoms with Gasteiger partial charge in [0, 0.05) is 17.5 Å². The summed E-state index contributed by atoms with van der Waals surface area (Å²) in [5.41, 5.74) is 6.03. The second-order valence-electron chi connectivity index (χ2n) is 5.84. The molecule has 110 valence electrons. The SMILES string of the molecule is NCC1(C(O)c2ccc(C(F)F)cc2)CC2CCC1O2. The van der Waals surface area contributed by atoms with Gasteiger partial charge < -0.3 is 15.6 Å². The summed E-state index contributed by atoms with van der Waals surface area (Å²) < 4.78 is 30.9. The van der Waals surface area contributed by atoms with Crippen LogP contribution < -0.4 is 5.73 Å². The molecule has 2 bridgehead atoms. The number of hydrogen-bond donors (Lipinski definition) is 2. The summed E-state index contributed by atoms with van der Waals surface area (Å²) in [4.78, 5) is 0. The summed E-state index contributed by atoms with van der Waals surface area (Å²) in [6, 6.07) is 5.86. The van der Waals surface area contributed by atoms with Crippen LogP contribution in [0.5, 0.6) is 0 Å². The Hall–Kier alpha value is -1.04. The monoisotopic (exact) mass is 283 g/mol. The summed E-state index contributed by atoms with van der Waals surface area (Å²) in [7, 11) is 0. The summed E-state index contributed by atoms with van der Waals surface area (Å²) in [6.07, 6.45) is -0.436. The fraction of sp³-hybridized carbons (Fsp3) is 0.600. The van der Waals surface area contributed by atoms with Gasteiger partial charge in [-0.05, 0) is 24.8 Å². The van der Waals surface area contributed by atoms with Crippen molar-refractivity contribution in [2.75, 3.05) is 6.54 Å². The standard InChI is InChI=1S/C15H19F2NO2/c16-14(17)10-3-1-9(2-4-10)13(19)15(8-18)7-11-5-6-12(15)20-11/h1-4,11-14,19H,5-8,18H2. The van der Waals surface area contributed by atoms with Crippen LogP contribution in [0.4, 0.5) is 8.78 Å². The number of ether oxygens (including phenoxy) is 1. The number of rotatable bonds is 4. The van der Waals surface area contributed by atoms with Crippen molar-refractivity contribution in [2.24, 2.45) is 11.1 Å². The molecule has 2 aliphatic rings. The second kappa shape index (κ2) is 5.06. The average Bonchev–Trinajstić information content (AvgIpc) is 3.07. The zero-order valence-electron chi connectivity index (χ0n) is 11.1. The van der Waals surface area contributed by atoms with E-state index in [4.69, 9.17) is 10.5 Å². The smallest absolute Gasteiger partial charge is 0.263 e. The summed E-state index contributed by atoms with van der Waals surface area (Å²) in [5.74, 6) is 0. The first kappa shape index (κ1) is 13.9. The Morgan fingerprint density at radius 1 is 1.25 bits per heavy atom. The van der Waals surface area contributed by atoms with E-state index >= 15 is 0 Å². The minimum Gasteiger partial charge on any atom is -0.388 e. The lowest BCUT2D eigenvalue weighted by atomic mass is 9.68. The lowest BCUT2D eigenvalue weighted by Gasteiger charge is -2.38. The third-order valence-corrected chi connectivity index (χ3v) is 4.79. The summed E-state index contributed by atoms with van der Waals surface area (Å²) in [6.45, 7) is 0.339. The highest BCUT2D eigenvalue weighted by atomic mass is 19.3. The Morgan fingerprint density at radius 2 is 1.90 bits per heavy atom. The van der Waals surface area contributed by atoms with Crippen molar-refractivity contribution in [1.29, 1.82) is 0 Å². The number of benzene rings is 1. The molecule has 2 heterocycles. The third kappa shape index (κ3) is 2.05. The van der Waals surface area contributed by atoms with Crippen molar-refractivity contribution in [2.45, 2.75) is 44.0 Å². The Bertz CT molecular complexity index is 479. The zero-order valence-corrected chi connectivity index (χ0v) is 11.1. The average molecular weight is 283 g/mol. The molecular weight excluding hydrogens is 264 g/mol. The number of nitrogens with two attached hydrogens (primary N) is 1. The molecule has 4 atom stereocenters. The number of hydrogen-bond acceptors (Lipinski definition) is 3. The first-order valence-electron chi connectivity index (χ1n) is 6.98. The predicted octanol–water partition coefficient (Wildman–Crippen LogP) is 2.55. The van der Waals surface area contributed by atoms with Crippen molar-refractivity contribution in [3.63, 3.8) is 0 Å². The van der Waals surface area contributed by atoms with Gasteiger partial charge in [0.25, 0.3) is 6.43 Å². The van der Waals surface area contributed by atoms with E-state index in [1.54, 1.807) is 12.1 Å². The summed E-state index contributed by atoms with van der Waals surface area (Å²) >= 11 is 0. The third-order valence-electron chi connectivity index (χ3n) is 4.79. The first-order valence-corrected chi connectivity index (χ1v) is 6.98.